The van der Waals surface area contributed by atoms with Crippen molar-refractivity contribution in [2.45, 2.75) is 13.0 Å². The van der Waals surface area contributed by atoms with Gasteiger partial charge in [0.2, 0.25) is 0 Å². The second-order valence-electron chi connectivity index (χ2n) is 5.78. The summed E-state index contributed by atoms with van der Waals surface area (Å²) in [6.45, 7) is 2.62. The molecule has 6 heteroatoms. The molecule has 0 spiro atoms. The van der Waals surface area contributed by atoms with Gasteiger partial charge in [0.05, 0.1) is 6.61 Å². The first-order valence-corrected chi connectivity index (χ1v) is 9.73. The van der Waals surface area contributed by atoms with Gasteiger partial charge >= 0.3 is 5.97 Å². The molecule has 0 bridgehead atoms. The van der Waals surface area contributed by atoms with E-state index in [2.05, 4.69) is 0 Å². The number of thioether (sulfide) groups is 1. The highest BCUT2D eigenvalue weighted by molar-refractivity contribution is 7.99. The van der Waals surface area contributed by atoms with E-state index in [0.717, 1.165) is 11.5 Å². The van der Waals surface area contributed by atoms with Crippen LogP contribution in [0.15, 0.2) is 54.6 Å². The number of rotatable bonds is 5. The van der Waals surface area contributed by atoms with E-state index in [0.29, 0.717) is 30.2 Å². The molecule has 1 aliphatic rings. The summed E-state index contributed by atoms with van der Waals surface area (Å²) in [7, 11) is 0. The van der Waals surface area contributed by atoms with Gasteiger partial charge in [0.1, 0.15) is 17.5 Å². The average Bonchev–Trinajstić information content (AvgIpc) is 2.69. The molecule has 2 aromatic carbocycles. The second-order valence-corrected chi connectivity index (χ2v) is 6.93. The van der Waals surface area contributed by atoms with E-state index >= 15 is 0 Å². The smallest absolute Gasteiger partial charge is 0.329 e. The summed E-state index contributed by atoms with van der Waals surface area (Å²) in [5, 5.41) is 0. The molecular weight excluding hydrogens is 350 g/mol. The number of benzene rings is 2. The Bertz CT molecular complexity index is 748. The van der Waals surface area contributed by atoms with E-state index in [9.17, 15) is 9.59 Å². The number of carbonyl (C=O) groups excluding carboxylic acids is 2. The van der Waals surface area contributed by atoms with Crippen LogP contribution in [-0.4, -0.2) is 47.5 Å². The van der Waals surface area contributed by atoms with Gasteiger partial charge in [0.25, 0.3) is 5.91 Å². The highest BCUT2D eigenvalue weighted by atomic mass is 32.2. The van der Waals surface area contributed by atoms with Crippen molar-refractivity contribution < 1.29 is 19.1 Å². The third-order valence-corrected chi connectivity index (χ3v) is 5.05. The molecule has 1 saturated heterocycles. The quantitative estimate of drug-likeness (QED) is 0.752. The Morgan fingerprint density at radius 3 is 2.46 bits per heavy atom. The molecule has 0 N–H and O–H groups in total. The molecule has 1 fully saturated rings. The maximum atomic E-state index is 12.9. The van der Waals surface area contributed by atoms with Crippen LogP contribution in [0.2, 0.25) is 0 Å². The van der Waals surface area contributed by atoms with E-state index in [4.69, 9.17) is 9.47 Å². The first kappa shape index (κ1) is 18.3. The van der Waals surface area contributed by atoms with E-state index in [1.54, 1.807) is 47.9 Å². The van der Waals surface area contributed by atoms with Crippen molar-refractivity contribution in [3.05, 3.63) is 60.2 Å². The average molecular weight is 371 g/mol. The van der Waals surface area contributed by atoms with Crippen LogP contribution in [-0.2, 0) is 9.53 Å². The van der Waals surface area contributed by atoms with Gasteiger partial charge < -0.3 is 14.4 Å². The molecule has 2 aromatic rings. The summed E-state index contributed by atoms with van der Waals surface area (Å²) >= 11 is 1.66. The Morgan fingerprint density at radius 2 is 1.77 bits per heavy atom. The summed E-state index contributed by atoms with van der Waals surface area (Å²) in [6, 6.07) is 15.9. The van der Waals surface area contributed by atoms with Gasteiger partial charge in [-0.2, -0.15) is 11.8 Å². The zero-order valence-corrected chi connectivity index (χ0v) is 15.4. The molecule has 1 atom stereocenters. The van der Waals surface area contributed by atoms with E-state index in [-0.39, 0.29) is 11.9 Å². The Labute approximate surface area is 157 Å². The largest absolute Gasteiger partial charge is 0.464 e. The molecule has 1 heterocycles. The standard InChI is InChI=1S/C20H21NO4S/c1-2-24-20(23)18-14-26-13-12-21(18)19(22)15-8-10-17(11-9-15)25-16-6-4-3-5-7-16/h3-11,18H,2,12-14H2,1H3/t18-/m1/s1. The second kappa shape index (κ2) is 8.76. The Kier molecular flexibility index (Phi) is 6.17. The van der Waals surface area contributed by atoms with Crippen molar-refractivity contribution in [3.63, 3.8) is 0 Å². The van der Waals surface area contributed by atoms with E-state index < -0.39 is 6.04 Å². The van der Waals surface area contributed by atoms with Crippen LogP contribution in [0.4, 0.5) is 0 Å². The SMILES string of the molecule is CCOC(=O)[C@H]1CSCCN1C(=O)c1ccc(Oc2ccccc2)cc1. The third-order valence-electron chi connectivity index (χ3n) is 4.03. The van der Waals surface area contributed by atoms with Crippen molar-refractivity contribution in [2.24, 2.45) is 0 Å². The first-order chi connectivity index (χ1) is 12.7. The fourth-order valence-electron chi connectivity index (χ4n) is 2.74. The molecule has 0 saturated carbocycles. The molecule has 26 heavy (non-hydrogen) atoms. The summed E-state index contributed by atoms with van der Waals surface area (Å²) in [5.41, 5.74) is 0.534. The minimum atomic E-state index is -0.526. The van der Waals surface area contributed by atoms with Gasteiger partial charge in [0, 0.05) is 23.6 Å². The van der Waals surface area contributed by atoms with Crippen molar-refractivity contribution in [1.82, 2.24) is 4.90 Å². The molecule has 1 aliphatic heterocycles. The van der Waals surface area contributed by atoms with Gasteiger partial charge in [0.15, 0.2) is 0 Å². The molecule has 0 aliphatic carbocycles. The van der Waals surface area contributed by atoms with Crippen LogP contribution >= 0.6 is 11.8 Å². The molecule has 136 valence electrons. The minimum Gasteiger partial charge on any atom is -0.464 e. The lowest BCUT2D eigenvalue weighted by molar-refractivity contribution is -0.147. The normalized spacial score (nSPS) is 16.8. The Balaban J connectivity index is 1.71. The zero-order valence-electron chi connectivity index (χ0n) is 14.6. The summed E-state index contributed by atoms with van der Waals surface area (Å²) in [5.74, 6) is 2.29. The Hall–Kier alpha value is -2.47. The lowest BCUT2D eigenvalue weighted by Crippen LogP contribution is -2.50. The third kappa shape index (κ3) is 4.38. The van der Waals surface area contributed by atoms with Crippen molar-refractivity contribution in [2.75, 3.05) is 24.7 Å². The number of ether oxygens (including phenoxy) is 2. The van der Waals surface area contributed by atoms with Crippen LogP contribution in [0.25, 0.3) is 0 Å². The molecule has 5 nitrogen and oxygen atoms in total. The minimum absolute atomic E-state index is 0.158. The zero-order chi connectivity index (χ0) is 18.4. The number of hydrogen-bond donors (Lipinski definition) is 0. The fourth-order valence-corrected chi connectivity index (χ4v) is 3.77. The van der Waals surface area contributed by atoms with E-state index in [1.165, 1.54) is 0 Å². The monoisotopic (exact) mass is 371 g/mol. The summed E-state index contributed by atoms with van der Waals surface area (Å²) in [6.07, 6.45) is 0. The van der Waals surface area contributed by atoms with Gasteiger partial charge in [-0.15, -0.1) is 0 Å². The lowest BCUT2D eigenvalue weighted by atomic mass is 10.1. The number of amides is 1. The molecular formula is C20H21NO4S. The molecule has 0 aromatic heterocycles. The van der Waals surface area contributed by atoms with E-state index in [1.807, 2.05) is 30.3 Å². The van der Waals surface area contributed by atoms with Crippen LogP contribution in [0, 0.1) is 0 Å². The van der Waals surface area contributed by atoms with Gasteiger partial charge in [-0.05, 0) is 43.3 Å². The predicted octanol–water partition coefficient (Wildman–Crippen LogP) is 3.60. The topological polar surface area (TPSA) is 55.8 Å². The maximum Gasteiger partial charge on any atom is 0.329 e. The van der Waals surface area contributed by atoms with Gasteiger partial charge in [-0.3, -0.25) is 4.79 Å². The first-order valence-electron chi connectivity index (χ1n) is 8.57. The molecule has 3 rings (SSSR count). The highest BCUT2D eigenvalue weighted by Crippen LogP contribution is 2.24. The number of carbonyl (C=O) groups is 2. The summed E-state index contributed by atoms with van der Waals surface area (Å²) in [4.78, 5) is 26.6. The highest BCUT2D eigenvalue weighted by Gasteiger charge is 2.34. The van der Waals surface area contributed by atoms with Crippen molar-refractivity contribution in [1.29, 1.82) is 0 Å². The lowest BCUT2D eigenvalue weighted by Gasteiger charge is -2.33. The maximum absolute atomic E-state index is 12.9. The molecule has 0 unspecified atom stereocenters. The predicted molar refractivity (Wildman–Crippen MR) is 102 cm³/mol. The Morgan fingerprint density at radius 1 is 1.08 bits per heavy atom. The number of hydrogen-bond acceptors (Lipinski definition) is 5. The fraction of sp³-hybridized carbons (Fsp3) is 0.300. The summed E-state index contributed by atoms with van der Waals surface area (Å²) < 4.78 is 10.9. The van der Waals surface area contributed by atoms with Gasteiger partial charge in [-0.1, -0.05) is 18.2 Å². The van der Waals surface area contributed by atoms with Crippen molar-refractivity contribution in [3.8, 4) is 11.5 Å². The van der Waals surface area contributed by atoms with Gasteiger partial charge in [-0.25, -0.2) is 4.79 Å². The number of nitrogens with zero attached hydrogens (tertiary/aromatic N) is 1. The van der Waals surface area contributed by atoms with Crippen molar-refractivity contribution >= 4 is 23.6 Å². The number of esters is 1. The van der Waals surface area contributed by atoms with Crippen LogP contribution in [0.3, 0.4) is 0 Å². The van der Waals surface area contributed by atoms with Crippen LogP contribution < -0.4 is 4.74 Å². The molecule has 1 amide bonds. The van der Waals surface area contributed by atoms with Crippen LogP contribution in [0.5, 0.6) is 11.5 Å². The van der Waals surface area contributed by atoms with Crippen LogP contribution in [0.1, 0.15) is 17.3 Å². The number of para-hydroxylation sites is 1. The molecule has 0 radical (unpaired) electrons.